The summed E-state index contributed by atoms with van der Waals surface area (Å²) >= 11 is 0. The first-order valence-corrected chi connectivity index (χ1v) is 8.54. The van der Waals surface area contributed by atoms with Gasteiger partial charge in [-0.3, -0.25) is 0 Å². The first kappa shape index (κ1) is 15.8. The lowest BCUT2D eigenvalue weighted by Crippen LogP contribution is -2.30. The van der Waals surface area contributed by atoms with Gasteiger partial charge in [-0.15, -0.1) is 0 Å². The van der Waals surface area contributed by atoms with E-state index in [-0.39, 0.29) is 18.3 Å². The Morgan fingerprint density at radius 1 is 0.583 bits per heavy atom. The van der Waals surface area contributed by atoms with Crippen LogP contribution in [-0.4, -0.2) is 18.3 Å². The number of ether oxygens (including phenoxy) is 3. The third-order valence-corrected chi connectivity index (χ3v) is 5.68. The molecule has 3 nitrogen and oxygen atoms in total. The molecule has 126 valence electrons. The van der Waals surface area contributed by atoms with Crippen LogP contribution < -0.4 is 0 Å². The largest absolute Gasteiger partial charge is 0.369 e. The van der Waals surface area contributed by atoms with Crippen molar-refractivity contribution >= 4 is 16.7 Å². The van der Waals surface area contributed by atoms with E-state index < -0.39 is 0 Å². The predicted octanol–water partition coefficient (Wildman–Crippen LogP) is 4.48. The zero-order chi connectivity index (χ0) is 17.2. The van der Waals surface area contributed by atoms with E-state index in [0.717, 1.165) is 16.7 Å². The van der Waals surface area contributed by atoms with Crippen LogP contribution in [-0.2, 0) is 34.0 Å². The van der Waals surface area contributed by atoms with Crippen molar-refractivity contribution in [3.8, 4) is 0 Å². The van der Waals surface area contributed by atoms with Gasteiger partial charge in [0, 0.05) is 0 Å². The first-order chi connectivity index (χ1) is 11.4. The second-order valence-electron chi connectivity index (χ2n) is 7.00. The molecule has 0 unspecified atom stereocenters. The quantitative estimate of drug-likeness (QED) is 0.704. The van der Waals surface area contributed by atoms with Crippen molar-refractivity contribution in [1.82, 2.24) is 0 Å². The van der Waals surface area contributed by atoms with Crippen molar-refractivity contribution in [2.75, 3.05) is 0 Å². The van der Waals surface area contributed by atoms with Gasteiger partial charge in [0.05, 0.1) is 38.1 Å². The molecule has 0 N–H and O–H groups in total. The highest BCUT2D eigenvalue weighted by Gasteiger charge is 2.36. The van der Waals surface area contributed by atoms with Crippen molar-refractivity contribution in [2.24, 2.45) is 0 Å². The molecule has 3 heteroatoms. The van der Waals surface area contributed by atoms with E-state index in [1.807, 2.05) is 0 Å². The number of hydrogen-bond acceptors (Lipinski definition) is 3. The molecule has 1 aromatic rings. The van der Waals surface area contributed by atoms with Gasteiger partial charge in [-0.2, -0.15) is 0 Å². The molecule has 0 aliphatic carbocycles. The average molecular weight is 324 g/mol. The molecule has 24 heavy (non-hydrogen) atoms. The highest BCUT2D eigenvalue weighted by Crippen LogP contribution is 2.47. The van der Waals surface area contributed by atoms with Crippen LogP contribution in [0.25, 0.3) is 16.7 Å². The Morgan fingerprint density at radius 2 is 0.833 bits per heavy atom. The van der Waals surface area contributed by atoms with E-state index in [9.17, 15) is 0 Å². The topological polar surface area (TPSA) is 27.7 Å². The van der Waals surface area contributed by atoms with Crippen molar-refractivity contribution in [2.45, 2.75) is 58.9 Å². The highest BCUT2D eigenvalue weighted by atomic mass is 16.5. The molecule has 3 aliphatic rings. The summed E-state index contributed by atoms with van der Waals surface area (Å²) in [6.45, 7) is 20.8. The normalized spacial score (nSPS) is 29.1. The molecule has 1 aromatic carbocycles. The smallest absolute Gasteiger partial charge is 0.0801 e. The molecular formula is C21H24O3. The number of benzene rings is 1. The minimum atomic E-state index is 0.0118. The van der Waals surface area contributed by atoms with Crippen LogP contribution in [0.2, 0.25) is 0 Å². The summed E-state index contributed by atoms with van der Waals surface area (Å²) in [4.78, 5) is 0. The van der Waals surface area contributed by atoms with Gasteiger partial charge < -0.3 is 14.2 Å². The van der Waals surface area contributed by atoms with Crippen LogP contribution >= 0.6 is 0 Å². The summed E-state index contributed by atoms with van der Waals surface area (Å²) in [5, 5.41) is 0. The summed E-state index contributed by atoms with van der Waals surface area (Å²) in [7, 11) is 0. The van der Waals surface area contributed by atoms with E-state index in [2.05, 4.69) is 40.5 Å². The van der Waals surface area contributed by atoms with Crippen LogP contribution in [0.3, 0.4) is 0 Å². The van der Waals surface area contributed by atoms with Gasteiger partial charge in [-0.05, 0) is 70.9 Å². The predicted molar refractivity (Wildman–Crippen MR) is 96.3 cm³/mol. The van der Waals surface area contributed by atoms with Crippen LogP contribution in [0.4, 0.5) is 0 Å². The lowest BCUT2D eigenvalue weighted by atomic mass is 9.75. The van der Waals surface area contributed by atoms with Gasteiger partial charge in [0.25, 0.3) is 0 Å². The molecule has 3 aliphatic heterocycles. The molecule has 0 saturated heterocycles. The second kappa shape index (κ2) is 5.41. The minimum Gasteiger partial charge on any atom is -0.369 e. The third-order valence-electron chi connectivity index (χ3n) is 5.68. The fourth-order valence-corrected chi connectivity index (χ4v) is 4.05. The van der Waals surface area contributed by atoms with Crippen molar-refractivity contribution < 1.29 is 14.2 Å². The van der Waals surface area contributed by atoms with Gasteiger partial charge in [-0.1, -0.05) is 19.7 Å². The highest BCUT2D eigenvalue weighted by molar-refractivity contribution is 5.89. The van der Waals surface area contributed by atoms with E-state index in [4.69, 9.17) is 14.2 Å². The Hall–Kier alpha value is -1.68. The van der Waals surface area contributed by atoms with Crippen LogP contribution in [0.5, 0.6) is 0 Å². The van der Waals surface area contributed by atoms with Crippen LogP contribution in [0, 0.1) is 0 Å². The molecular weight excluding hydrogens is 300 g/mol. The van der Waals surface area contributed by atoms with Crippen molar-refractivity contribution in [3.05, 3.63) is 53.1 Å². The van der Waals surface area contributed by atoms with Crippen LogP contribution in [0.15, 0.2) is 19.7 Å². The minimum absolute atomic E-state index is 0.0118. The summed E-state index contributed by atoms with van der Waals surface area (Å²) in [5.74, 6) is 0. The maximum absolute atomic E-state index is 5.96. The van der Waals surface area contributed by atoms with Crippen molar-refractivity contribution in [3.63, 3.8) is 0 Å². The fraction of sp³-hybridized carbons (Fsp3) is 0.429. The number of rotatable bonds is 0. The maximum Gasteiger partial charge on any atom is 0.0801 e. The standard InChI is InChI=1S/C21H24O3/c1-10-13(4)22-7-16-19(10)17-8-23-14(5)11(2)21(17)18-9-24-15(6)12(3)20(16)18/h13-15H,1-3,7-9H2,4-6H3/t13-,14-,15+/m0/s1. The second-order valence-corrected chi connectivity index (χ2v) is 7.00. The van der Waals surface area contributed by atoms with Crippen molar-refractivity contribution in [1.29, 1.82) is 0 Å². The molecule has 3 heterocycles. The van der Waals surface area contributed by atoms with Gasteiger partial charge >= 0.3 is 0 Å². The molecule has 0 amide bonds. The lowest BCUT2D eigenvalue weighted by Gasteiger charge is -2.39. The molecule has 0 saturated carbocycles. The zero-order valence-electron chi connectivity index (χ0n) is 14.7. The van der Waals surface area contributed by atoms with Crippen LogP contribution in [0.1, 0.15) is 54.2 Å². The number of hydrogen-bond donors (Lipinski definition) is 0. The fourth-order valence-electron chi connectivity index (χ4n) is 4.05. The third kappa shape index (κ3) is 2.02. The molecule has 0 spiro atoms. The SMILES string of the molecule is C=C1c2c3c(c4c(c2CO[C@H]1C)C(=C)[C@@H](C)OC4)C(=C)[C@H](C)OC3. The lowest BCUT2D eigenvalue weighted by molar-refractivity contribution is 0.0674. The summed E-state index contributed by atoms with van der Waals surface area (Å²) in [6.07, 6.45) is 0.0355. The first-order valence-electron chi connectivity index (χ1n) is 8.54. The Morgan fingerprint density at radius 3 is 1.08 bits per heavy atom. The Bertz CT molecular complexity index is 661. The average Bonchev–Trinajstić information content (AvgIpc) is 2.56. The van der Waals surface area contributed by atoms with Gasteiger partial charge in [0.15, 0.2) is 0 Å². The molecule has 0 fully saturated rings. The monoisotopic (exact) mass is 324 g/mol. The van der Waals surface area contributed by atoms with Gasteiger partial charge in [0.2, 0.25) is 0 Å². The van der Waals surface area contributed by atoms with E-state index in [1.165, 1.54) is 33.4 Å². The number of fused-ring (bicyclic) bond motifs is 6. The molecule has 0 bridgehead atoms. The molecule has 0 aromatic heterocycles. The zero-order valence-corrected chi connectivity index (χ0v) is 14.7. The summed E-state index contributed by atoms with van der Waals surface area (Å²) < 4.78 is 17.9. The van der Waals surface area contributed by atoms with Gasteiger partial charge in [-0.25, -0.2) is 0 Å². The Balaban J connectivity index is 2.09. The Labute approximate surface area is 143 Å². The van der Waals surface area contributed by atoms with E-state index in [0.29, 0.717) is 19.8 Å². The van der Waals surface area contributed by atoms with E-state index >= 15 is 0 Å². The summed E-state index contributed by atoms with van der Waals surface area (Å²) in [6, 6.07) is 0. The molecule has 0 radical (unpaired) electrons. The van der Waals surface area contributed by atoms with Gasteiger partial charge in [0.1, 0.15) is 0 Å². The van der Waals surface area contributed by atoms with E-state index in [1.54, 1.807) is 0 Å². The Kier molecular flexibility index (Phi) is 3.57. The molecule has 3 atom stereocenters. The summed E-state index contributed by atoms with van der Waals surface area (Å²) in [5.41, 5.74) is 10.2. The maximum atomic E-state index is 5.96. The molecule has 4 rings (SSSR count).